The van der Waals surface area contributed by atoms with E-state index in [1.54, 1.807) is 25.3 Å². The second-order valence-electron chi connectivity index (χ2n) is 10.8. The summed E-state index contributed by atoms with van der Waals surface area (Å²) in [5.74, 6) is 1.72. The molecule has 0 spiro atoms. The van der Waals surface area contributed by atoms with Gasteiger partial charge in [-0.15, -0.1) is 0 Å². The molecule has 2 amide bonds. The lowest BCUT2D eigenvalue weighted by Gasteiger charge is -2.55. The fraction of sp³-hybridized carbons (Fsp3) is 0.593. The van der Waals surface area contributed by atoms with E-state index in [1.165, 1.54) is 19.3 Å². The smallest absolute Gasteiger partial charge is 0.471 e. The maximum Gasteiger partial charge on any atom is 0.471 e. The third kappa shape index (κ3) is 5.33. The Hall–Kier alpha value is -3.04. The van der Waals surface area contributed by atoms with E-state index in [2.05, 4.69) is 10.3 Å². The first-order valence-corrected chi connectivity index (χ1v) is 12.9. The Morgan fingerprint density at radius 1 is 1.08 bits per heavy atom. The van der Waals surface area contributed by atoms with Crippen molar-refractivity contribution < 1.29 is 32.2 Å². The molecule has 1 aromatic carbocycles. The molecule has 1 aliphatic heterocycles. The predicted molar refractivity (Wildman–Crippen MR) is 131 cm³/mol. The van der Waals surface area contributed by atoms with E-state index in [0.29, 0.717) is 47.2 Å². The predicted octanol–water partition coefficient (Wildman–Crippen LogP) is 4.27. The molecule has 4 bridgehead atoms. The van der Waals surface area contributed by atoms with Gasteiger partial charge in [0.2, 0.25) is 5.91 Å². The lowest BCUT2D eigenvalue weighted by Crippen LogP contribution is -2.54. The molecule has 0 atom stereocenters. The van der Waals surface area contributed by atoms with Crippen LogP contribution in [0, 0.1) is 23.2 Å². The molecular weight excluding hydrogens is 487 g/mol. The van der Waals surface area contributed by atoms with Crippen molar-refractivity contribution in [1.29, 1.82) is 0 Å². The summed E-state index contributed by atoms with van der Waals surface area (Å²) in [6.45, 7) is 0.279. The third-order valence-corrected chi connectivity index (χ3v) is 8.14. The molecule has 37 heavy (non-hydrogen) atoms. The van der Waals surface area contributed by atoms with Crippen LogP contribution in [-0.4, -0.2) is 50.6 Å². The van der Waals surface area contributed by atoms with Gasteiger partial charge < -0.3 is 20.1 Å². The van der Waals surface area contributed by atoms with E-state index in [4.69, 9.17) is 9.47 Å². The number of rotatable bonds is 8. The number of aliphatic imine (C=N–C) groups is 1. The summed E-state index contributed by atoms with van der Waals surface area (Å²) in [5, 5.41) is 4.93. The summed E-state index contributed by atoms with van der Waals surface area (Å²) in [5.41, 5.74) is 1.24. The number of methoxy groups -OCH3 is 1. The standard InChI is InChI=1S/C27H32F3N3O4/c1-36-20-4-2-5-21(37-7-3-6-31-25(35)27(28,29)30)23(20)19-11-22(32-15-19)33-24(34)26-12-16-8-17(13-26)10-18(9-16)14-26/h2,4-5,11,16-18H,3,6-10,12-15H2,1H3,(H,31,35)(H,32,33,34). The molecule has 0 radical (unpaired) electrons. The normalized spacial score (nSPS) is 27.9. The number of amides is 2. The van der Waals surface area contributed by atoms with Crippen molar-refractivity contribution in [2.24, 2.45) is 28.2 Å². The molecular formula is C27H32F3N3O4. The van der Waals surface area contributed by atoms with E-state index in [0.717, 1.165) is 24.8 Å². The van der Waals surface area contributed by atoms with Crippen molar-refractivity contribution in [2.75, 3.05) is 26.8 Å². The van der Waals surface area contributed by atoms with Gasteiger partial charge in [-0.3, -0.25) is 14.6 Å². The van der Waals surface area contributed by atoms with Gasteiger partial charge >= 0.3 is 12.1 Å². The zero-order valence-corrected chi connectivity index (χ0v) is 20.8. The van der Waals surface area contributed by atoms with E-state index < -0.39 is 12.1 Å². The number of hydrogen-bond acceptors (Lipinski definition) is 5. The quantitative estimate of drug-likeness (QED) is 0.502. The van der Waals surface area contributed by atoms with Crippen molar-refractivity contribution in [3.63, 3.8) is 0 Å². The summed E-state index contributed by atoms with van der Waals surface area (Å²) >= 11 is 0. The Balaban J connectivity index is 1.22. The van der Waals surface area contributed by atoms with Gasteiger partial charge in [-0.25, -0.2) is 0 Å². The molecule has 6 rings (SSSR count). The first kappa shape index (κ1) is 25.6. The number of carbonyl (C=O) groups is 2. The number of nitrogens with one attached hydrogen (secondary N) is 2. The highest BCUT2D eigenvalue weighted by molar-refractivity contribution is 6.11. The average molecular weight is 520 g/mol. The Bertz CT molecular complexity index is 1090. The molecule has 5 aliphatic rings. The first-order chi connectivity index (χ1) is 17.7. The Labute approximate surface area is 213 Å². The van der Waals surface area contributed by atoms with Crippen LogP contribution in [0.5, 0.6) is 11.5 Å². The number of hydrogen-bond donors (Lipinski definition) is 2. The second-order valence-corrected chi connectivity index (χ2v) is 10.8. The van der Waals surface area contributed by atoms with Crippen molar-refractivity contribution in [3.05, 3.63) is 29.8 Å². The number of halogens is 3. The molecule has 1 aromatic rings. The van der Waals surface area contributed by atoms with Crippen molar-refractivity contribution in [3.8, 4) is 11.5 Å². The van der Waals surface area contributed by atoms with Crippen LogP contribution in [0.15, 0.2) is 29.3 Å². The highest BCUT2D eigenvalue weighted by atomic mass is 19.4. The van der Waals surface area contributed by atoms with Crippen molar-refractivity contribution >= 4 is 23.2 Å². The maximum absolute atomic E-state index is 13.4. The monoisotopic (exact) mass is 519 g/mol. The van der Waals surface area contributed by atoms with Crippen molar-refractivity contribution in [1.82, 2.24) is 10.6 Å². The maximum atomic E-state index is 13.4. The van der Waals surface area contributed by atoms with Crippen LogP contribution in [-0.2, 0) is 9.59 Å². The fourth-order valence-corrected chi connectivity index (χ4v) is 6.97. The highest BCUT2D eigenvalue weighted by Crippen LogP contribution is 2.60. The molecule has 0 saturated heterocycles. The van der Waals surface area contributed by atoms with Crippen LogP contribution < -0.4 is 20.1 Å². The van der Waals surface area contributed by atoms with E-state index in [9.17, 15) is 22.8 Å². The van der Waals surface area contributed by atoms with Gasteiger partial charge in [0.25, 0.3) is 0 Å². The van der Waals surface area contributed by atoms with Gasteiger partial charge in [0, 0.05) is 6.54 Å². The lowest BCUT2D eigenvalue weighted by molar-refractivity contribution is -0.173. The zero-order chi connectivity index (χ0) is 26.2. The number of carbonyl (C=O) groups excluding carboxylic acids is 2. The van der Waals surface area contributed by atoms with E-state index in [-0.39, 0.29) is 30.9 Å². The van der Waals surface area contributed by atoms with Gasteiger partial charge in [-0.1, -0.05) is 6.07 Å². The number of benzene rings is 1. The lowest BCUT2D eigenvalue weighted by atomic mass is 9.49. The minimum absolute atomic E-state index is 0.0836. The molecule has 200 valence electrons. The molecule has 0 aromatic heterocycles. The molecule has 4 aliphatic carbocycles. The topological polar surface area (TPSA) is 89.0 Å². The SMILES string of the molecule is COc1cccc(OCCCNC(=O)C(F)(F)F)c1C1=CC(NC(=O)C23CC4CC(CC(C4)C2)C3)=NC1. The van der Waals surface area contributed by atoms with Crippen molar-refractivity contribution in [2.45, 2.75) is 51.1 Å². The molecule has 0 unspecified atom stereocenters. The Morgan fingerprint density at radius 2 is 1.73 bits per heavy atom. The first-order valence-electron chi connectivity index (χ1n) is 12.9. The number of alkyl halides is 3. The summed E-state index contributed by atoms with van der Waals surface area (Å²) in [6, 6.07) is 5.30. The van der Waals surface area contributed by atoms with Gasteiger partial charge in [0.05, 0.1) is 31.2 Å². The van der Waals surface area contributed by atoms with Gasteiger partial charge in [0.15, 0.2) is 0 Å². The van der Waals surface area contributed by atoms with Crippen LogP contribution in [0.4, 0.5) is 13.2 Å². The summed E-state index contributed by atoms with van der Waals surface area (Å²) in [7, 11) is 1.54. The van der Waals surface area contributed by atoms with Crippen LogP contribution >= 0.6 is 0 Å². The summed E-state index contributed by atoms with van der Waals surface area (Å²) in [6.07, 6.45) is 3.86. The molecule has 7 nitrogen and oxygen atoms in total. The minimum Gasteiger partial charge on any atom is -0.496 e. The zero-order valence-electron chi connectivity index (χ0n) is 20.8. The number of amidine groups is 1. The van der Waals surface area contributed by atoms with Crippen LogP contribution in [0.3, 0.4) is 0 Å². The van der Waals surface area contributed by atoms with Gasteiger partial charge in [0.1, 0.15) is 17.3 Å². The molecule has 4 fully saturated rings. The number of nitrogens with zero attached hydrogens (tertiary/aromatic N) is 1. The highest BCUT2D eigenvalue weighted by Gasteiger charge is 2.54. The second kappa shape index (κ2) is 10.0. The van der Waals surface area contributed by atoms with Crippen LogP contribution in [0.1, 0.15) is 50.5 Å². The van der Waals surface area contributed by atoms with Gasteiger partial charge in [-0.05, 0) is 86.5 Å². The minimum atomic E-state index is -4.90. The number of ether oxygens (including phenoxy) is 2. The van der Waals surface area contributed by atoms with E-state index >= 15 is 0 Å². The average Bonchev–Trinajstić information content (AvgIpc) is 3.30. The summed E-state index contributed by atoms with van der Waals surface area (Å²) in [4.78, 5) is 28.9. The third-order valence-electron chi connectivity index (χ3n) is 8.14. The van der Waals surface area contributed by atoms with Crippen LogP contribution in [0.25, 0.3) is 5.57 Å². The summed E-state index contributed by atoms with van der Waals surface area (Å²) < 4.78 is 48.4. The van der Waals surface area contributed by atoms with E-state index in [1.807, 2.05) is 11.4 Å². The Kier molecular flexibility index (Phi) is 6.93. The molecule has 1 heterocycles. The molecule has 4 saturated carbocycles. The molecule has 2 N–H and O–H groups in total. The Morgan fingerprint density at radius 3 is 2.35 bits per heavy atom. The largest absolute Gasteiger partial charge is 0.496 e. The molecule has 10 heteroatoms. The fourth-order valence-electron chi connectivity index (χ4n) is 6.97. The van der Waals surface area contributed by atoms with Crippen LogP contribution in [0.2, 0.25) is 0 Å². The van der Waals surface area contributed by atoms with Gasteiger partial charge in [-0.2, -0.15) is 13.2 Å².